The minimum Gasteiger partial charge on any atom is -0.223 e. The highest BCUT2D eigenvalue weighted by Crippen LogP contribution is 2.52. The van der Waals surface area contributed by atoms with Gasteiger partial charge < -0.3 is 0 Å². The van der Waals surface area contributed by atoms with Crippen LogP contribution < -0.4 is 4.57 Å². The van der Waals surface area contributed by atoms with Gasteiger partial charge in [0, 0.05) is 21.8 Å². The Labute approximate surface area is 228 Å². The fourth-order valence-electron chi connectivity index (χ4n) is 8.21. The third kappa shape index (κ3) is 3.09. The Morgan fingerprint density at radius 1 is 0.816 bits per heavy atom. The number of aromatic nitrogens is 2. The summed E-state index contributed by atoms with van der Waals surface area (Å²) in [5, 5.41) is 4.18. The highest BCUT2D eigenvalue weighted by atomic mass is 15.2. The lowest BCUT2D eigenvalue weighted by molar-refractivity contribution is -0.751. The molecule has 0 fully saturated rings. The number of aryl methyl sites for hydroxylation is 3. The van der Waals surface area contributed by atoms with Gasteiger partial charge >= 0.3 is 0 Å². The number of hydrogen-bond acceptors (Lipinski definition) is 0. The van der Waals surface area contributed by atoms with Gasteiger partial charge in [0.05, 0.1) is 5.39 Å². The molecule has 0 saturated carbocycles. The second-order valence-electron chi connectivity index (χ2n) is 11.9. The summed E-state index contributed by atoms with van der Waals surface area (Å²) in [4.78, 5) is 0. The van der Waals surface area contributed by atoms with E-state index in [1.165, 1.54) is 73.7 Å². The molecular weight excluding hydrogens is 460 g/mol. The number of para-hydroxylation sites is 1. The van der Waals surface area contributed by atoms with E-state index in [1.807, 2.05) is 0 Å². The van der Waals surface area contributed by atoms with Crippen LogP contribution in [0.5, 0.6) is 0 Å². The van der Waals surface area contributed by atoms with E-state index >= 15 is 0 Å². The predicted molar refractivity (Wildman–Crippen MR) is 162 cm³/mol. The zero-order valence-electron chi connectivity index (χ0n) is 24.4. The Morgan fingerprint density at radius 2 is 1.50 bits per heavy atom. The van der Waals surface area contributed by atoms with Crippen molar-refractivity contribution < 1.29 is 4.57 Å². The average Bonchev–Trinajstić information content (AvgIpc) is 3.33. The molecular formula is C36H43N2+. The number of rotatable bonds is 7. The quantitative estimate of drug-likeness (QED) is 0.154. The van der Waals surface area contributed by atoms with Gasteiger partial charge in [-0.2, -0.15) is 4.40 Å². The van der Waals surface area contributed by atoms with Crippen LogP contribution in [0, 0.1) is 13.8 Å². The molecule has 6 rings (SSSR count). The van der Waals surface area contributed by atoms with Crippen LogP contribution in [0.2, 0.25) is 0 Å². The lowest BCUT2D eigenvalue weighted by Crippen LogP contribution is -2.66. The second kappa shape index (κ2) is 8.97. The van der Waals surface area contributed by atoms with E-state index in [1.54, 1.807) is 0 Å². The van der Waals surface area contributed by atoms with Crippen LogP contribution in [0.15, 0.2) is 60.8 Å². The third-order valence-electron chi connectivity index (χ3n) is 10.3. The minimum absolute atomic E-state index is 0.0212. The van der Waals surface area contributed by atoms with E-state index in [0.717, 1.165) is 25.7 Å². The van der Waals surface area contributed by atoms with Gasteiger partial charge in [-0.25, -0.2) is 4.57 Å². The molecule has 1 aliphatic heterocycles. The first-order valence-corrected chi connectivity index (χ1v) is 14.9. The second-order valence-corrected chi connectivity index (χ2v) is 11.9. The molecule has 0 bridgehead atoms. The maximum absolute atomic E-state index is 2.70. The molecule has 0 aliphatic carbocycles. The molecule has 1 unspecified atom stereocenters. The summed E-state index contributed by atoms with van der Waals surface area (Å²) in [6, 6.07) is 21.0. The Morgan fingerprint density at radius 3 is 2.16 bits per heavy atom. The van der Waals surface area contributed by atoms with Crippen LogP contribution in [0.1, 0.15) is 89.0 Å². The summed E-state index contributed by atoms with van der Waals surface area (Å²) in [7, 11) is 0. The van der Waals surface area contributed by atoms with Crippen molar-refractivity contribution >= 4 is 27.3 Å². The largest absolute Gasteiger partial charge is 0.296 e. The zero-order valence-corrected chi connectivity index (χ0v) is 24.4. The first-order valence-electron chi connectivity index (χ1n) is 14.9. The maximum Gasteiger partial charge on any atom is 0.296 e. The SMILES string of the molecule is CCCCc1cc(C)c(-c2c[n+]3c4c5c(cccc5c5ccccc5n24)C(CC)(CC)C3(C)CC)c(C)c1. The van der Waals surface area contributed by atoms with Crippen molar-refractivity contribution in [2.45, 2.75) is 97.9 Å². The standard InChI is InChI=1S/C36H43N2/c1-8-12-16-26-21-24(5)32(25(6)22-26)31-23-37-34-33-28(27-17-13-14-20-30(27)38(31)34)18-15-19-29(33)36(10-3,11-4)35(37,7)9-2/h13-15,17-23H,8-12,16H2,1-7H3/q+1. The lowest BCUT2D eigenvalue weighted by Gasteiger charge is -2.48. The Hall–Kier alpha value is -3.13. The molecule has 0 saturated heterocycles. The number of imidazole rings is 1. The number of hydrogen-bond donors (Lipinski definition) is 0. The normalized spacial score (nSPS) is 18.3. The van der Waals surface area contributed by atoms with Crippen molar-refractivity contribution in [1.82, 2.24) is 4.40 Å². The third-order valence-corrected chi connectivity index (χ3v) is 10.3. The van der Waals surface area contributed by atoms with Crippen LogP contribution in [0.25, 0.3) is 38.6 Å². The molecule has 196 valence electrons. The van der Waals surface area contributed by atoms with E-state index in [9.17, 15) is 0 Å². The number of benzene rings is 3. The van der Waals surface area contributed by atoms with E-state index in [0.29, 0.717) is 0 Å². The smallest absolute Gasteiger partial charge is 0.223 e. The van der Waals surface area contributed by atoms with E-state index in [-0.39, 0.29) is 11.0 Å². The van der Waals surface area contributed by atoms with Crippen molar-refractivity contribution in [3.05, 3.63) is 83.0 Å². The fourth-order valence-corrected chi connectivity index (χ4v) is 8.21. The molecule has 0 spiro atoms. The van der Waals surface area contributed by atoms with Crippen LogP contribution in [0.4, 0.5) is 0 Å². The van der Waals surface area contributed by atoms with Crippen LogP contribution in [-0.2, 0) is 17.4 Å². The predicted octanol–water partition coefficient (Wildman–Crippen LogP) is 9.36. The van der Waals surface area contributed by atoms with Crippen molar-refractivity contribution in [2.75, 3.05) is 0 Å². The molecule has 1 atom stereocenters. The average molecular weight is 504 g/mol. The summed E-state index contributed by atoms with van der Waals surface area (Å²) < 4.78 is 5.30. The lowest BCUT2D eigenvalue weighted by atomic mass is 9.59. The Kier molecular flexibility index (Phi) is 5.94. The summed E-state index contributed by atoms with van der Waals surface area (Å²) in [6.07, 6.45) is 9.50. The molecule has 0 N–H and O–H groups in total. The van der Waals surface area contributed by atoms with Crippen molar-refractivity contribution in [2.24, 2.45) is 0 Å². The molecule has 38 heavy (non-hydrogen) atoms. The van der Waals surface area contributed by atoms with Gasteiger partial charge in [0.2, 0.25) is 0 Å². The summed E-state index contributed by atoms with van der Waals surface area (Å²) in [6.45, 7) is 16.6. The fraction of sp³-hybridized carbons (Fsp3) is 0.417. The molecule has 3 aromatic carbocycles. The zero-order chi connectivity index (χ0) is 26.8. The molecule has 2 nitrogen and oxygen atoms in total. The van der Waals surface area contributed by atoms with Crippen LogP contribution >= 0.6 is 0 Å². The maximum atomic E-state index is 2.70. The van der Waals surface area contributed by atoms with Gasteiger partial charge in [0.25, 0.3) is 5.65 Å². The summed E-state index contributed by atoms with van der Waals surface area (Å²) >= 11 is 0. The number of nitrogens with zero attached hydrogens (tertiary/aromatic N) is 2. The minimum atomic E-state index is -0.0212. The number of pyridine rings is 1. The van der Waals surface area contributed by atoms with E-state index in [2.05, 4.69) is 118 Å². The highest BCUT2D eigenvalue weighted by molar-refractivity contribution is 6.13. The molecule has 0 amide bonds. The molecule has 2 aromatic heterocycles. The Bertz CT molecular complexity index is 1670. The van der Waals surface area contributed by atoms with Crippen LogP contribution in [0.3, 0.4) is 0 Å². The molecule has 5 aromatic rings. The first-order chi connectivity index (χ1) is 18.4. The summed E-state index contributed by atoms with van der Waals surface area (Å²) in [5.41, 5.74) is 11.2. The van der Waals surface area contributed by atoms with Crippen molar-refractivity contribution in [3.8, 4) is 11.3 Å². The van der Waals surface area contributed by atoms with E-state index < -0.39 is 0 Å². The summed E-state index contributed by atoms with van der Waals surface area (Å²) in [5.74, 6) is 0. The monoisotopic (exact) mass is 503 g/mol. The van der Waals surface area contributed by atoms with E-state index in [4.69, 9.17) is 0 Å². The molecule has 1 aliphatic rings. The molecule has 3 heterocycles. The Balaban J connectivity index is 1.83. The van der Waals surface area contributed by atoms with Gasteiger partial charge in [-0.3, -0.25) is 0 Å². The van der Waals surface area contributed by atoms with Gasteiger partial charge in [0.1, 0.15) is 17.3 Å². The van der Waals surface area contributed by atoms with Gasteiger partial charge in [-0.15, -0.1) is 0 Å². The number of fused-ring (bicyclic) bond motifs is 3. The highest BCUT2D eigenvalue weighted by Gasteiger charge is 2.56. The topological polar surface area (TPSA) is 8.29 Å². The first kappa shape index (κ1) is 25.2. The molecule has 0 radical (unpaired) electrons. The van der Waals surface area contributed by atoms with Gasteiger partial charge in [-0.05, 0) is 81.2 Å². The van der Waals surface area contributed by atoms with Crippen LogP contribution in [-0.4, -0.2) is 4.40 Å². The van der Waals surface area contributed by atoms with Gasteiger partial charge in [-0.1, -0.05) is 82.6 Å². The van der Waals surface area contributed by atoms with Gasteiger partial charge in [0.15, 0.2) is 5.69 Å². The van der Waals surface area contributed by atoms with Crippen molar-refractivity contribution in [3.63, 3.8) is 0 Å². The number of unbranched alkanes of at least 4 members (excludes halogenated alkanes) is 1. The van der Waals surface area contributed by atoms with Crippen molar-refractivity contribution in [1.29, 1.82) is 0 Å². The molecule has 2 heteroatoms.